The van der Waals surface area contributed by atoms with E-state index < -0.39 is 0 Å². The van der Waals surface area contributed by atoms with Gasteiger partial charge in [-0.15, -0.1) is 0 Å². The number of aromatic hydroxyl groups is 1. The van der Waals surface area contributed by atoms with E-state index in [9.17, 15) is 9.90 Å². The van der Waals surface area contributed by atoms with Crippen molar-refractivity contribution in [3.05, 3.63) is 65.2 Å². The number of ketones is 1. The van der Waals surface area contributed by atoms with E-state index >= 15 is 0 Å². The lowest BCUT2D eigenvalue weighted by Gasteiger charge is -2.03. The second-order valence-corrected chi connectivity index (χ2v) is 4.32. The molecule has 2 rings (SSSR count). The molecule has 0 aliphatic rings. The molecule has 21 heavy (non-hydrogen) atoms. The van der Waals surface area contributed by atoms with Gasteiger partial charge in [0.25, 0.3) is 0 Å². The molecule has 0 radical (unpaired) electrons. The summed E-state index contributed by atoms with van der Waals surface area (Å²) in [5.41, 5.74) is 1.63. The van der Waals surface area contributed by atoms with Gasteiger partial charge in [-0.3, -0.25) is 4.79 Å². The van der Waals surface area contributed by atoms with E-state index in [1.807, 2.05) is 6.07 Å². The molecule has 0 aliphatic carbocycles. The highest BCUT2D eigenvalue weighted by Gasteiger charge is 2.04. The van der Waals surface area contributed by atoms with Gasteiger partial charge in [0.05, 0.1) is 18.7 Å². The zero-order valence-corrected chi connectivity index (χ0v) is 11.4. The minimum absolute atomic E-state index is 0.0442. The fourth-order valence-electron chi connectivity index (χ4n) is 1.81. The Hall–Kier alpha value is -3.06. The lowest BCUT2D eigenvalue weighted by Crippen LogP contribution is -1.94. The largest absolute Gasteiger partial charge is 0.504 e. The Morgan fingerprint density at radius 3 is 2.81 bits per heavy atom. The summed E-state index contributed by atoms with van der Waals surface area (Å²) >= 11 is 0. The SMILES string of the molecule is COc1cc(/C=C/C(=O)c2cccc(C#N)c2)ccc1O. The first-order chi connectivity index (χ1) is 10.1. The van der Waals surface area contributed by atoms with Crippen LogP contribution >= 0.6 is 0 Å². The molecule has 0 fully saturated rings. The Bertz CT molecular complexity index is 742. The van der Waals surface area contributed by atoms with Crippen LogP contribution in [-0.2, 0) is 0 Å². The zero-order valence-electron chi connectivity index (χ0n) is 11.4. The van der Waals surface area contributed by atoms with Crippen molar-refractivity contribution in [3.63, 3.8) is 0 Å². The van der Waals surface area contributed by atoms with Crippen LogP contribution in [0.3, 0.4) is 0 Å². The lowest BCUT2D eigenvalue weighted by atomic mass is 10.1. The summed E-state index contributed by atoms with van der Waals surface area (Å²) in [7, 11) is 1.46. The molecule has 0 aromatic heterocycles. The van der Waals surface area contributed by atoms with Crippen molar-refractivity contribution in [2.24, 2.45) is 0 Å². The molecular formula is C17H13NO3. The minimum atomic E-state index is -0.195. The monoisotopic (exact) mass is 279 g/mol. The molecule has 0 saturated heterocycles. The number of ether oxygens (including phenoxy) is 1. The average Bonchev–Trinajstić information content (AvgIpc) is 2.53. The first-order valence-corrected chi connectivity index (χ1v) is 6.23. The van der Waals surface area contributed by atoms with Crippen LogP contribution in [0.4, 0.5) is 0 Å². The normalized spacial score (nSPS) is 10.3. The summed E-state index contributed by atoms with van der Waals surface area (Å²) in [5, 5.41) is 18.3. The van der Waals surface area contributed by atoms with Gasteiger partial charge in [-0.25, -0.2) is 0 Å². The number of hydrogen-bond donors (Lipinski definition) is 1. The average molecular weight is 279 g/mol. The predicted octanol–water partition coefficient (Wildman–Crippen LogP) is 3.17. The zero-order chi connectivity index (χ0) is 15.2. The first-order valence-electron chi connectivity index (χ1n) is 6.23. The molecule has 0 spiro atoms. The van der Waals surface area contributed by atoms with Crippen LogP contribution in [0.1, 0.15) is 21.5 Å². The highest BCUT2D eigenvalue weighted by atomic mass is 16.5. The van der Waals surface area contributed by atoms with E-state index in [1.165, 1.54) is 19.3 Å². The van der Waals surface area contributed by atoms with Gasteiger partial charge in [0.1, 0.15) is 0 Å². The molecule has 0 heterocycles. The smallest absolute Gasteiger partial charge is 0.185 e. The molecule has 104 valence electrons. The Morgan fingerprint density at radius 2 is 2.10 bits per heavy atom. The van der Waals surface area contributed by atoms with Crippen molar-refractivity contribution < 1.29 is 14.6 Å². The third kappa shape index (κ3) is 3.48. The number of allylic oxidation sites excluding steroid dienone is 1. The maximum absolute atomic E-state index is 12.0. The number of methoxy groups -OCH3 is 1. The Kier molecular flexibility index (Phi) is 4.37. The highest BCUT2D eigenvalue weighted by Crippen LogP contribution is 2.26. The summed E-state index contributed by atoms with van der Waals surface area (Å²) in [5.74, 6) is 0.193. The van der Waals surface area contributed by atoms with Crippen LogP contribution in [0.5, 0.6) is 11.5 Å². The van der Waals surface area contributed by atoms with Crippen LogP contribution in [-0.4, -0.2) is 18.0 Å². The van der Waals surface area contributed by atoms with Gasteiger partial charge in [0.2, 0.25) is 0 Å². The van der Waals surface area contributed by atoms with Crippen LogP contribution in [0.2, 0.25) is 0 Å². The molecule has 0 aliphatic heterocycles. The van der Waals surface area contributed by atoms with E-state index in [1.54, 1.807) is 42.5 Å². The molecule has 0 saturated carbocycles. The van der Waals surface area contributed by atoms with Gasteiger partial charge in [-0.05, 0) is 35.9 Å². The van der Waals surface area contributed by atoms with Gasteiger partial charge in [-0.2, -0.15) is 5.26 Å². The van der Waals surface area contributed by atoms with Crippen LogP contribution in [0, 0.1) is 11.3 Å². The summed E-state index contributed by atoms with van der Waals surface area (Å²) < 4.78 is 5.00. The number of nitriles is 1. The van der Waals surface area contributed by atoms with Crippen molar-refractivity contribution in [1.82, 2.24) is 0 Å². The number of phenolic OH excluding ortho intramolecular Hbond substituents is 1. The van der Waals surface area contributed by atoms with Gasteiger partial charge < -0.3 is 9.84 Å². The van der Waals surface area contributed by atoms with Gasteiger partial charge >= 0.3 is 0 Å². The van der Waals surface area contributed by atoms with Crippen molar-refractivity contribution in [3.8, 4) is 17.6 Å². The molecule has 0 amide bonds. The van der Waals surface area contributed by atoms with E-state index in [-0.39, 0.29) is 11.5 Å². The van der Waals surface area contributed by atoms with Crippen molar-refractivity contribution in [2.75, 3.05) is 7.11 Å². The quantitative estimate of drug-likeness (QED) is 0.689. The summed E-state index contributed by atoms with van der Waals surface area (Å²) in [4.78, 5) is 12.0. The maximum atomic E-state index is 12.0. The fourth-order valence-corrected chi connectivity index (χ4v) is 1.81. The molecule has 2 aromatic carbocycles. The van der Waals surface area contributed by atoms with Crippen molar-refractivity contribution >= 4 is 11.9 Å². The lowest BCUT2D eigenvalue weighted by molar-refractivity contribution is 0.104. The predicted molar refractivity (Wildman–Crippen MR) is 79.2 cm³/mol. The molecular weight excluding hydrogens is 266 g/mol. The van der Waals surface area contributed by atoms with E-state index in [0.29, 0.717) is 16.9 Å². The van der Waals surface area contributed by atoms with E-state index in [0.717, 1.165) is 5.56 Å². The first kappa shape index (κ1) is 14.4. The van der Waals surface area contributed by atoms with Crippen molar-refractivity contribution in [1.29, 1.82) is 5.26 Å². The molecule has 4 heteroatoms. The number of carbonyl (C=O) groups is 1. The third-order valence-electron chi connectivity index (χ3n) is 2.91. The van der Waals surface area contributed by atoms with Crippen LogP contribution in [0.25, 0.3) is 6.08 Å². The molecule has 0 bridgehead atoms. The topological polar surface area (TPSA) is 70.3 Å². The summed E-state index contributed by atoms with van der Waals surface area (Å²) in [6, 6.07) is 13.3. The Labute approximate surface area is 122 Å². The number of phenols is 1. The summed E-state index contributed by atoms with van der Waals surface area (Å²) in [6.45, 7) is 0. The number of nitrogens with zero attached hydrogens (tertiary/aromatic N) is 1. The molecule has 2 aromatic rings. The maximum Gasteiger partial charge on any atom is 0.185 e. The van der Waals surface area contributed by atoms with E-state index in [2.05, 4.69) is 0 Å². The number of hydrogen-bond acceptors (Lipinski definition) is 4. The number of carbonyl (C=O) groups excluding carboxylic acids is 1. The van der Waals surface area contributed by atoms with E-state index in [4.69, 9.17) is 10.00 Å². The molecule has 4 nitrogen and oxygen atoms in total. The number of rotatable bonds is 4. The highest BCUT2D eigenvalue weighted by molar-refractivity contribution is 6.07. The molecule has 1 N–H and O–H groups in total. The van der Waals surface area contributed by atoms with Crippen LogP contribution < -0.4 is 4.74 Å². The standard InChI is InChI=1S/C17H13NO3/c1-21-17-10-12(6-8-16(17)20)5-7-15(19)14-4-2-3-13(9-14)11-18/h2-10,20H,1H3/b7-5+. The van der Waals surface area contributed by atoms with Crippen LogP contribution in [0.15, 0.2) is 48.5 Å². The fraction of sp³-hybridized carbons (Fsp3) is 0.0588. The van der Waals surface area contributed by atoms with Gasteiger partial charge in [-0.1, -0.05) is 24.3 Å². The molecule has 0 unspecified atom stereocenters. The van der Waals surface area contributed by atoms with Crippen molar-refractivity contribution in [2.45, 2.75) is 0 Å². The van der Waals surface area contributed by atoms with Gasteiger partial charge in [0, 0.05) is 5.56 Å². The number of benzene rings is 2. The Morgan fingerprint density at radius 1 is 1.29 bits per heavy atom. The second kappa shape index (κ2) is 6.40. The Balaban J connectivity index is 2.20. The second-order valence-electron chi connectivity index (χ2n) is 4.32. The minimum Gasteiger partial charge on any atom is -0.504 e. The van der Waals surface area contributed by atoms with Gasteiger partial charge in [0.15, 0.2) is 17.3 Å². The summed E-state index contributed by atoms with van der Waals surface area (Å²) in [6.07, 6.45) is 3.05. The third-order valence-corrected chi connectivity index (χ3v) is 2.91. The molecule has 0 atom stereocenters.